The van der Waals surface area contributed by atoms with E-state index in [1.807, 2.05) is 13.0 Å². The highest BCUT2D eigenvalue weighted by molar-refractivity contribution is 6.07. The van der Waals surface area contributed by atoms with Crippen molar-refractivity contribution >= 4 is 17.8 Å². The minimum Gasteiger partial charge on any atom is -0.355 e. The van der Waals surface area contributed by atoms with Crippen LogP contribution in [0.25, 0.3) is 0 Å². The first kappa shape index (κ1) is 17.8. The fourth-order valence-corrected chi connectivity index (χ4v) is 4.86. The van der Waals surface area contributed by atoms with Crippen molar-refractivity contribution in [2.75, 3.05) is 18.0 Å². The molecule has 3 heterocycles. The summed E-state index contributed by atoms with van der Waals surface area (Å²) in [6, 6.07) is 3.93. The average Bonchev–Trinajstić information content (AvgIpc) is 3.01. The second-order valence-corrected chi connectivity index (χ2v) is 7.78. The molecule has 0 unspecified atom stereocenters. The van der Waals surface area contributed by atoms with Crippen LogP contribution in [0.3, 0.4) is 0 Å². The Labute approximate surface area is 159 Å². The Morgan fingerprint density at radius 1 is 1.30 bits per heavy atom. The van der Waals surface area contributed by atoms with Gasteiger partial charge in [0.2, 0.25) is 0 Å². The van der Waals surface area contributed by atoms with Gasteiger partial charge < -0.3 is 10.2 Å². The molecule has 7 nitrogen and oxygen atoms in total. The van der Waals surface area contributed by atoms with Gasteiger partial charge in [0.15, 0.2) is 0 Å². The number of hydrogen-bond donors (Lipinski definition) is 2. The van der Waals surface area contributed by atoms with E-state index >= 15 is 0 Å². The van der Waals surface area contributed by atoms with Crippen molar-refractivity contribution in [3.63, 3.8) is 0 Å². The van der Waals surface area contributed by atoms with Gasteiger partial charge in [0.1, 0.15) is 17.4 Å². The number of nitriles is 1. The number of rotatable bonds is 3. The molecule has 2 N–H and O–H groups in total. The topological polar surface area (TPSA) is 98.1 Å². The predicted molar refractivity (Wildman–Crippen MR) is 100 cm³/mol. The summed E-state index contributed by atoms with van der Waals surface area (Å²) in [4.78, 5) is 31.1. The fourth-order valence-electron chi connectivity index (χ4n) is 4.86. The normalized spacial score (nSPS) is 25.6. The maximum absolute atomic E-state index is 12.4. The molecule has 0 radical (unpaired) electrons. The largest absolute Gasteiger partial charge is 0.355 e. The van der Waals surface area contributed by atoms with Gasteiger partial charge in [0.05, 0.1) is 5.56 Å². The maximum Gasteiger partial charge on any atom is 0.322 e. The highest BCUT2D eigenvalue weighted by atomic mass is 16.2. The van der Waals surface area contributed by atoms with E-state index in [9.17, 15) is 14.9 Å². The standard InChI is InChI=1S/C20H25N5O2/c1-2-20(18(26)23-19(27)24-20)15-7-9-25(10-8-15)17-14(12-21)11-13-5-3-4-6-16(13)22-17/h11,15H,2-10H2,1H3,(H2,23,24,26,27)/t20-/m0/s1. The lowest BCUT2D eigenvalue weighted by Crippen LogP contribution is -2.55. The summed E-state index contributed by atoms with van der Waals surface area (Å²) in [6.07, 6.45) is 6.45. The number of imide groups is 1. The molecule has 0 spiro atoms. The maximum atomic E-state index is 12.4. The van der Waals surface area contributed by atoms with E-state index in [2.05, 4.69) is 21.6 Å². The van der Waals surface area contributed by atoms with Gasteiger partial charge >= 0.3 is 6.03 Å². The average molecular weight is 367 g/mol. The van der Waals surface area contributed by atoms with Crippen molar-refractivity contribution in [3.8, 4) is 6.07 Å². The highest BCUT2D eigenvalue weighted by Crippen LogP contribution is 2.35. The zero-order chi connectivity index (χ0) is 19.0. The van der Waals surface area contributed by atoms with E-state index in [4.69, 9.17) is 4.98 Å². The van der Waals surface area contributed by atoms with Crippen molar-refractivity contribution in [1.29, 1.82) is 5.26 Å². The first-order valence-electron chi connectivity index (χ1n) is 9.89. The number of aromatic nitrogens is 1. The van der Waals surface area contributed by atoms with Crippen LogP contribution in [-0.2, 0) is 17.6 Å². The van der Waals surface area contributed by atoms with Crippen molar-refractivity contribution < 1.29 is 9.59 Å². The molecule has 2 fully saturated rings. The molecule has 3 amide bonds. The molecule has 0 saturated carbocycles. The quantitative estimate of drug-likeness (QED) is 0.797. The predicted octanol–water partition coefficient (Wildman–Crippen LogP) is 2.04. The smallest absolute Gasteiger partial charge is 0.322 e. The number of urea groups is 1. The summed E-state index contributed by atoms with van der Waals surface area (Å²) in [5.41, 5.74) is 2.19. The third kappa shape index (κ3) is 2.93. The lowest BCUT2D eigenvalue weighted by Gasteiger charge is -2.41. The Balaban J connectivity index is 1.54. The van der Waals surface area contributed by atoms with Gasteiger partial charge in [-0.1, -0.05) is 6.92 Å². The molecule has 2 saturated heterocycles. The molecule has 7 heteroatoms. The minimum absolute atomic E-state index is 0.0911. The van der Waals surface area contributed by atoms with Gasteiger partial charge in [-0.2, -0.15) is 5.26 Å². The second-order valence-electron chi connectivity index (χ2n) is 7.78. The zero-order valence-corrected chi connectivity index (χ0v) is 15.7. The first-order chi connectivity index (χ1) is 13.1. The molecule has 1 atom stereocenters. The number of nitrogens with zero attached hydrogens (tertiary/aromatic N) is 3. The molecule has 1 aromatic rings. The van der Waals surface area contributed by atoms with Crippen molar-refractivity contribution in [2.45, 2.75) is 57.4 Å². The van der Waals surface area contributed by atoms with Gasteiger partial charge in [0, 0.05) is 18.8 Å². The third-order valence-electron chi connectivity index (χ3n) is 6.42. The Morgan fingerprint density at radius 2 is 2.04 bits per heavy atom. The minimum atomic E-state index is -0.801. The molecule has 1 aliphatic carbocycles. The number of amides is 3. The number of piperidine rings is 1. The number of anilines is 1. The van der Waals surface area contributed by atoms with Crippen LogP contribution in [-0.4, -0.2) is 35.6 Å². The van der Waals surface area contributed by atoms with Gasteiger partial charge in [-0.15, -0.1) is 0 Å². The van der Waals surface area contributed by atoms with E-state index in [-0.39, 0.29) is 11.8 Å². The fraction of sp³-hybridized carbons (Fsp3) is 0.600. The summed E-state index contributed by atoms with van der Waals surface area (Å²) in [6.45, 7) is 3.41. The summed E-state index contributed by atoms with van der Waals surface area (Å²) in [5, 5.41) is 14.9. The Kier molecular flexibility index (Phi) is 4.50. The number of carbonyl (C=O) groups excluding carboxylic acids is 2. The summed E-state index contributed by atoms with van der Waals surface area (Å²) in [7, 11) is 0. The van der Waals surface area contributed by atoms with Crippen molar-refractivity contribution in [2.24, 2.45) is 5.92 Å². The van der Waals surface area contributed by atoms with Crippen LogP contribution in [0.15, 0.2) is 6.07 Å². The molecule has 4 rings (SSSR count). The lowest BCUT2D eigenvalue weighted by molar-refractivity contribution is -0.126. The van der Waals surface area contributed by atoms with Crippen LogP contribution in [0.2, 0.25) is 0 Å². The van der Waals surface area contributed by atoms with Gasteiger partial charge in [-0.05, 0) is 62.5 Å². The Bertz CT molecular complexity index is 822. The van der Waals surface area contributed by atoms with Crippen molar-refractivity contribution in [3.05, 3.63) is 22.9 Å². The van der Waals surface area contributed by atoms with Crippen LogP contribution in [0.1, 0.15) is 55.8 Å². The summed E-state index contributed by atoms with van der Waals surface area (Å²) in [5.74, 6) is 0.661. The van der Waals surface area contributed by atoms with Gasteiger partial charge in [-0.25, -0.2) is 9.78 Å². The molecule has 3 aliphatic rings. The van der Waals surface area contributed by atoms with E-state index in [1.165, 1.54) is 5.56 Å². The van der Waals surface area contributed by atoms with E-state index in [0.717, 1.165) is 63.1 Å². The van der Waals surface area contributed by atoms with Crippen LogP contribution < -0.4 is 15.5 Å². The third-order valence-corrected chi connectivity index (χ3v) is 6.42. The number of aryl methyl sites for hydroxylation is 2. The number of carbonyl (C=O) groups is 2. The van der Waals surface area contributed by atoms with Crippen LogP contribution >= 0.6 is 0 Å². The number of nitrogens with one attached hydrogen (secondary N) is 2. The second kappa shape index (κ2) is 6.84. The highest BCUT2D eigenvalue weighted by Gasteiger charge is 2.51. The molecule has 1 aromatic heterocycles. The molecular formula is C20H25N5O2. The Hall–Kier alpha value is -2.62. The number of pyridine rings is 1. The zero-order valence-electron chi connectivity index (χ0n) is 15.7. The van der Waals surface area contributed by atoms with Gasteiger partial charge in [-0.3, -0.25) is 10.1 Å². The number of hydrogen-bond acceptors (Lipinski definition) is 5. The lowest BCUT2D eigenvalue weighted by atomic mass is 9.76. The monoisotopic (exact) mass is 367 g/mol. The molecular weight excluding hydrogens is 342 g/mol. The number of fused-ring (bicyclic) bond motifs is 1. The van der Waals surface area contributed by atoms with E-state index < -0.39 is 11.6 Å². The molecule has 0 bridgehead atoms. The van der Waals surface area contributed by atoms with Gasteiger partial charge in [0.25, 0.3) is 5.91 Å². The SMILES string of the molecule is CC[C@@]1(C2CCN(c3nc4c(cc3C#N)CCCC4)CC2)NC(=O)NC1=O. The summed E-state index contributed by atoms with van der Waals surface area (Å²) < 4.78 is 0. The van der Waals surface area contributed by atoms with E-state index in [1.54, 1.807) is 0 Å². The first-order valence-corrected chi connectivity index (χ1v) is 9.89. The van der Waals surface area contributed by atoms with Crippen LogP contribution in [0, 0.1) is 17.2 Å². The Morgan fingerprint density at radius 3 is 2.67 bits per heavy atom. The molecule has 2 aliphatic heterocycles. The van der Waals surface area contributed by atoms with E-state index in [0.29, 0.717) is 12.0 Å². The molecule has 142 valence electrons. The van der Waals surface area contributed by atoms with Crippen LogP contribution in [0.5, 0.6) is 0 Å². The molecule has 0 aromatic carbocycles. The van der Waals surface area contributed by atoms with Crippen LogP contribution in [0.4, 0.5) is 10.6 Å². The summed E-state index contributed by atoms with van der Waals surface area (Å²) >= 11 is 0. The molecule has 27 heavy (non-hydrogen) atoms. The van der Waals surface area contributed by atoms with Crippen molar-refractivity contribution in [1.82, 2.24) is 15.6 Å².